The fourth-order valence-electron chi connectivity index (χ4n) is 3.47. The molecule has 0 radical (unpaired) electrons. The Morgan fingerprint density at radius 3 is 2.64 bits per heavy atom. The van der Waals surface area contributed by atoms with Gasteiger partial charge in [0.15, 0.2) is 0 Å². The summed E-state index contributed by atoms with van der Waals surface area (Å²) in [5, 5.41) is 2.60. The van der Waals surface area contributed by atoms with Gasteiger partial charge in [-0.3, -0.25) is 0 Å². The molecule has 1 aliphatic rings. The van der Waals surface area contributed by atoms with Crippen molar-refractivity contribution in [3.05, 3.63) is 59.7 Å². The van der Waals surface area contributed by atoms with Crippen LogP contribution in [0.5, 0.6) is 0 Å². The number of esters is 1. The van der Waals surface area contributed by atoms with E-state index < -0.39 is 5.60 Å². The molecular formula is C20H22O2. The van der Waals surface area contributed by atoms with Gasteiger partial charge < -0.3 is 4.74 Å². The molecule has 2 unspecified atom stereocenters. The molecule has 0 spiro atoms. The van der Waals surface area contributed by atoms with Crippen molar-refractivity contribution in [2.24, 2.45) is 0 Å². The molecule has 2 aromatic rings. The van der Waals surface area contributed by atoms with Gasteiger partial charge in [-0.1, -0.05) is 49.9 Å². The second kappa shape index (κ2) is 5.28. The molecule has 2 nitrogen and oxygen atoms in total. The van der Waals surface area contributed by atoms with E-state index in [1.807, 2.05) is 6.92 Å². The molecule has 0 saturated carbocycles. The first-order valence-electron chi connectivity index (χ1n) is 7.85. The molecule has 2 atom stereocenters. The molecule has 2 aromatic carbocycles. The SMILES string of the molecule is C=C(C)C(=O)OC(C)(CC)C1Cc2cccc3cccc1c23. The number of hydrogen-bond acceptors (Lipinski definition) is 2. The summed E-state index contributed by atoms with van der Waals surface area (Å²) < 4.78 is 5.86. The molecule has 0 saturated heterocycles. The lowest BCUT2D eigenvalue weighted by Crippen LogP contribution is -2.38. The van der Waals surface area contributed by atoms with Crippen molar-refractivity contribution < 1.29 is 9.53 Å². The maximum atomic E-state index is 12.1. The first-order chi connectivity index (χ1) is 10.5. The zero-order chi connectivity index (χ0) is 15.9. The van der Waals surface area contributed by atoms with Crippen LogP contribution in [0.4, 0.5) is 0 Å². The van der Waals surface area contributed by atoms with Crippen LogP contribution in [0.2, 0.25) is 0 Å². The predicted octanol–water partition coefficient (Wildman–Crippen LogP) is 4.77. The van der Waals surface area contributed by atoms with E-state index in [0.717, 1.165) is 12.8 Å². The monoisotopic (exact) mass is 294 g/mol. The van der Waals surface area contributed by atoms with Crippen molar-refractivity contribution in [1.82, 2.24) is 0 Å². The summed E-state index contributed by atoms with van der Waals surface area (Å²) in [6.45, 7) is 9.52. The van der Waals surface area contributed by atoms with Gasteiger partial charge in [-0.25, -0.2) is 4.79 Å². The first-order valence-corrected chi connectivity index (χ1v) is 7.85. The molecule has 0 aromatic heterocycles. The van der Waals surface area contributed by atoms with Gasteiger partial charge in [-0.05, 0) is 48.6 Å². The second-order valence-electron chi connectivity index (χ2n) is 6.46. The summed E-state index contributed by atoms with van der Waals surface area (Å²) in [6, 6.07) is 12.8. The Morgan fingerprint density at radius 2 is 2.00 bits per heavy atom. The van der Waals surface area contributed by atoms with Gasteiger partial charge in [0.2, 0.25) is 0 Å². The molecule has 22 heavy (non-hydrogen) atoms. The smallest absolute Gasteiger partial charge is 0.333 e. The number of hydrogen-bond donors (Lipinski definition) is 0. The average Bonchev–Trinajstić information content (AvgIpc) is 2.89. The van der Waals surface area contributed by atoms with Crippen LogP contribution in [0.3, 0.4) is 0 Å². The summed E-state index contributed by atoms with van der Waals surface area (Å²) in [6.07, 6.45) is 1.70. The Bertz CT molecular complexity index is 754. The molecule has 3 rings (SSSR count). The van der Waals surface area contributed by atoms with E-state index in [-0.39, 0.29) is 11.9 Å². The van der Waals surface area contributed by atoms with E-state index in [1.165, 1.54) is 21.9 Å². The minimum Gasteiger partial charge on any atom is -0.455 e. The van der Waals surface area contributed by atoms with Crippen molar-refractivity contribution in [3.63, 3.8) is 0 Å². The third kappa shape index (κ3) is 2.23. The predicted molar refractivity (Wildman–Crippen MR) is 90.0 cm³/mol. The number of carbonyl (C=O) groups is 1. The summed E-state index contributed by atoms with van der Waals surface area (Å²) in [5.74, 6) is -0.102. The lowest BCUT2D eigenvalue weighted by Gasteiger charge is -2.35. The summed E-state index contributed by atoms with van der Waals surface area (Å²) >= 11 is 0. The molecule has 0 heterocycles. The highest BCUT2D eigenvalue weighted by atomic mass is 16.6. The third-order valence-electron chi connectivity index (χ3n) is 4.94. The molecule has 0 N–H and O–H groups in total. The third-order valence-corrected chi connectivity index (χ3v) is 4.94. The van der Waals surface area contributed by atoms with Crippen LogP contribution in [-0.2, 0) is 16.0 Å². The van der Waals surface area contributed by atoms with Crippen LogP contribution in [0.1, 0.15) is 44.2 Å². The normalized spacial score (nSPS) is 19.0. The van der Waals surface area contributed by atoms with Crippen molar-refractivity contribution in [2.45, 2.75) is 45.1 Å². The number of rotatable bonds is 4. The Hall–Kier alpha value is -2.09. The van der Waals surface area contributed by atoms with Gasteiger partial charge >= 0.3 is 5.97 Å². The summed E-state index contributed by atoms with van der Waals surface area (Å²) in [5.41, 5.74) is 2.59. The number of ether oxygens (including phenoxy) is 1. The van der Waals surface area contributed by atoms with E-state index in [0.29, 0.717) is 5.57 Å². The van der Waals surface area contributed by atoms with Crippen molar-refractivity contribution in [3.8, 4) is 0 Å². The number of benzene rings is 2. The van der Waals surface area contributed by atoms with E-state index in [9.17, 15) is 4.79 Å². The van der Waals surface area contributed by atoms with Crippen LogP contribution in [0.15, 0.2) is 48.6 Å². The van der Waals surface area contributed by atoms with Gasteiger partial charge in [0.25, 0.3) is 0 Å². The van der Waals surface area contributed by atoms with Gasteiger partial charge in [0.1, 0.15) is 5.60 Å². The Balaban J connectivity index is 2.05. The van der Waals surface area contributed by atoms with Gasteiger partial charge in [-0.15, -0.1) is 0 Å². The van der Waals surface area contributed by atoms with Crippen LogP contribution < -0.4 is 0 Å². The number of carbonyl (C=O) groups excluding carboxylic acids is 1. The van der Waals surface area contributed by atoms with Crippen LogP contribution in [0.25, 0.3) is 10.8 Å². The summed E-state index contributed by atoms with van der Waals surface area (Å²) in [4.78, 5) is 12.1. The molecule has 0 amide bonds. The van der Waals surface area contributed by atoms with Gasteiger partial charge in [0.05, 0.1) is 0 Å². The lowest BCUT2D eigenvalue weighted by molar-refractivity contribution is -0.155. The van der Waals surface area contributed by atoms with Crippen LogP contribution in [-0.4, -0.2) is 11.6 Å². The molecule has 2 heteroatoms. The van der Waals surface area contributed by atoms with E-state index in [4.69, 9.17) is 4.74 Å². The van der Waals surface area contributed by atoms with Crippen LogP contribution >= 0.6 is 0 Å². The fraction of sp³-hybridized carbons (Fsp3) is 0.350. The largest absolute Gasteiger partial charge is 0.455 e. The zero-order valence-corrected chi connectivity index (χ0v) is 13.5. The molecule has 0 fully saturated rings. The maximum absolute atomic E-state index is 12.1. The first kappa shape index (κ1) is 14.8. The van der Waals surface area contributed by atoms with Gasteiger partial charge in [-0.2, -0.15) is 0 Å². The quantitative estimate of drug-likeness (QED) is 0.600. The fourth-order valence-corrected chi connectivity index (χ4v) is 3.47. The highest BCUT2D eigenvalue weighted by Gasteiger charge is 2.41. The topological polar surface area (TPSA) is 26.3 Å². The lowest BCUT2D eigenvalue weighted by atomic mass is 9.81. The summed E-state index contributed by atoms with van der Waals surface area (Å²) in [7, 11) is 0. The Kier molecular flexibility index (Phi) is 3.56. The molecule has 114 valence electrons. The highest BCUT2D eigenvalue weighted by molar-refractivity contribution is 5.92. The minimum atomic E-state index is -0.511. The molecule has 0 bridgehead atoms. The Morgan fingerprint density at radius 1 is 1.32 bits per heavy atom. The van der Waals surface area contributed by atoms with Crippen LogP contribution in [0, 0.1) is 0 Å². The molecular weight excluding hydrogens is 272 g/mol. The minimum absolute atomic E-state index is 0.196. The second-order valence-corrected chi connectivity index (χ2v) is 6.46. The maximum Gasteiger partial charge on any atom is 0.333 e. The van der Waals surface area contributed by atoms with Crippen molar-refractivity contribution >= 4 is 16.7 Å². The van der Waals surface area contributed by atoms with E-state index >= 15 is 0 Å². The standard InChI is InChI=1S/C20H22O2/c1-5-20(4,22-19(21)13(2)3)17-12-15-10-6-8-14-9-7-11-16(17)18(14)15/h6-11,17H,2,5,12H2,1,3-4H3. The van der Waals surface area contributed by atoms with Crippen molar-refractivity contribution in [2.75, 3.05) is 0 Å². The average molecular weight is 294 g/mol. The Labute approximate surface area is 131 Å². The van der Waals surface area contributed by atoms with E-state index in [1.54, 1.807) is 6.92 Å². The highest BCUT2D eigenvalue weighted by Crippen LogP contribution is 2.46. The molecule has 0 aliphatic heterocycles. The van der Waals surface area contributed by atoms with Crippen molar-refractivity contribution in [1.29, 1.82) is 0 Å². The van der Waals surface area contributed by atoms with E-state index in [2.05, 4.69) is 49.9 Å². The van der Waals surface area contributed by atoms with Gasteiger partial charge in [0, 0.05) is 11.5 Å². The molecule has 1 aliphatic carbocycles. The zero-order valence-electron chi connectivity index (χ0n) is 13.5.